The summed E-state index contributed by atoms with van der Waals surface area (Å²) in [7, 11) is 0. The van der Waals surface area contributed by atoms with Crippen molar-refractivity contribution >= 4 is 11.3 Å². The monoisotopic (exact) mass is 246 g/mol. The minimum atomic E-state index is 0.0165. The summed E-state index contributed by atoms with van der Waals surface area (Å²) in [6, 6.07) is 3.72. The van der Waals surface area contributed by atoms with Crippen molar-refractivity contribution in [2.75, 3.05) is 13.2 Å². The van der Waals surface area contributed by atoms with E-state index < -0.39 is 0 Å². The van der Waals surface area contributed by atoms with E-state index in [9.17, 15) is 4.79 Å². The molecule has 1 atom stereocenters. The fourth-order valence-corrected chi connectivity index (χ4v) is 2.10. The predicted molar refractivity (Wildman–Crippen MR) is 65.0 cm³/mol. The molecule has 2 aromatic rings. The van der Waals surface area contributed by atoms with Crippen LogP contribution in [0.2, 0.25) is 0 Å². The van der Waals surface area contributed by atoms with Crippen molar-refractivity contribution in [1.29, 1.82) is 0 Å². The van der Waals surface area contributed by atoms with Crippen LogP contribution in [0.1, 0.15) is 23.7 Å². The Hall–Kier alpha value is -1.88. The number of ketones is 1. The average Bonchev–Trinajstić information content (AvgIpc) is 2.97. The predicted octanol–water partition coefficient (Wildman–Crippen LogP) is 1.70. The molecule has 1 fully saturated rings. The number of fused-ring (bicyclic) bond motifs is 1. The van der Waals surface area contributed by atoms with Gasteiger partial charge in [0.05, 0.1) is 36.7 Å². The molecule has 3 rings (SSSR count). The third-order valence-corrected chi connectivity index (χ3v) is 3.06. The summed E-state index contributed by atoms with van der Waals surface area (Å²) in [5.74, 6) is 0.763. The van der Waals surface area contributed by atoms with Gasteiger partial charge in [-0.25, -0.2) is 4.52 Å². The van der Waals surface area contributed by atoms with E-state index in [4.69, 9.17) is 9.47 Å². The van der Waals surface area contributed by atoms with Gasteiger partial charge in [-0.2, -0.15) is 5.10 Å². The van der Waals surface area contributed by atoms with Gasteiger partial charge in [-0.05, 0) is 19.1 Å². The molecule has 0 amide bonds. The van der Waals surface area contributed by atoms with Crippen LogP contribution in [-0.2, 0) is 4.74 Å². The Labute approximate surface area is 104 Å². The summed E-state index contributed by atoms with van der Waals surface area (Å²) in [4.78, 5) is 11.4. The lowest BCUT2D eigenvalue weighted by molar-refractivity contribution is 0.101. The molecule has 1 aliphatic heterocycles. The first-order chi connectivity index (χ1) is 8.74. The fraction of sp³-hybridized carbons (Fsp3) is 0.385. The van der Waals surface area contributed by atoms with Gasteiger partial charge in [-0.15, -0.1) is 0 Å². The zero-order chi connectivity index (χ0) is 12.5. The molecule has 1 unspecified atom stereocenters. The van der Waals surface area contributed by atoms with Crippen molar-refractivity contribution in [3.8, 4) is 5.75 Å². The number of ether oxygens (including phenoxy) is 2. The van der Waals surface area contributed by atoms with Crippen LogP contribution in [0.4, 0.5) is 0 Å². The maximum absolute atomic E-state index is 11.4. The van der Waals surface area contributed by atoms with E-state index in [1.807, 2.05) is 12.1 Å². The smallest absolute Gasteiger partial charge is 0.163 e. The minimum absolute atomic E-state index is 0.0165. The number of nitrogens with zero attached hydrogens (tertiary/aromatic N) is 2. The Morgan fingerprint density at radius 3 is 3.17 bits per heavy atom. The van der Waals surface area contributed by atoms with Gasteiger partial charge in [0.1, 0.15) is 11.9 Å². The third-order valence-electron chi connectivity index (χ3n) is 3.06. The Bertz CT molecular complexity index is 585. The topological polar surface area (TPSA) is 52.8 Å². The number of hydrogen-bond donors (Lipinski definition) is 0. The molecule has 0 aromatic carbocycles. The van der Waals surface area contributed by atoms with E-state index in [0.717, 1.165) is 24.3 Å². The first-order valence-electron chi connectivity index (χ1n) is 5.97. The maximum atomic E-state index is 11.4. The molecule has 3 heterocycles. The van der Waals surface area contributed by atoms with Gasteiger partial charge in [0, 0.05) is 6.42 Å². The fourth-order valence-electron chi connectivity index (χ4n) is 2.10. The van der Waals surface area contributed by atoms with E-state index >= 15 is 0 Å². The van der Waals surface area contributed by atoms with Crippen molar-refractivity contribution in [1.82, 2.24) is 9.61 Å². The molecule has 1 saturated heterocycles. The number of carbonyl (C=O) groups is 1. The van der Waals surface area contributed by atoms with Crippen molar-refractivity contribution in [3.05, 3.63) is 30.1 Å². The van der Waals surface area contributed by atoms with E-state index in [0.29, 0.717) is 12.2 Å². The Balaban J connectivity index is 1.89. The molecule has 0 saturated carbocycles. The van der Waals surface area contributed by atoms with Crippen molar-refractivity contribution < 1.29 is 14.3 Å². The average molecular weight is 246 g/mol. The van der Waals surface area contributed by atoms with Crippen LogP contribution in [0, 0.1) is 0 Å². The Morgan fingerprint density at radius 2 is 2.44 bits per heavy atom. The Kier molecular flexibility index (Phi) is 2.76. The number of pyridine rings is 1. The minimum Gasteiger partial charge on any atom is -0.486 e. The molecular weight excluding hydrogens is 232 g/mol. The van der Waals surface area contributed by atoms with Gasteiger partial charge in [0.25, 0.3) is 0 Å². The first-order valence-corrected chi connectivity index (χ1v) is 5.97. The standard InChI is InChI=1S/C13H14N2O3/c1-9(16)12-6-14-15-7-10(2-3-13(12)15)18-11-4-5-17-8-11/h2-3,6-7,11H,4-5,8H2,1H3. The van der Waals surface area contributed by atoms with E-state index in [1.54, 1.807) is 16.9 Å². The van der Waals surface area contributed by atoms with Gasteiger partial charge in [-0.1, -0.05) is 0 Å². The summed E-state index contributed by atoms with van der Waals surface area (Å²) in [5, 5.41) is 4.16. The molecule has 5 nitrogen and oxygen atoms in total. The molecule has 18 heavy (non-hydrogen) atoms. The molecular formula is C13H14N2O3. The van der Waals surface area contributed by atoms with E-state index in [1.165, 1.54) is 6.92 Å². The van der Waals surface area contributed by atoms with Crippen LogP contribution >= 0.6 is 0 Å². The number of Topliss-reactive ketones (excluding diaryl/α,β-unsaturated/α-hetero) is 1. The van der Waals surface area contributed by atoms with Crippen LogP contribution in [0.15, 0.2) is 24.5 Å². The Morgan fingerprint density at radius 1 is 1.56 bits per heavy atom. The summed E-state index contributed by atoms with van der Waals surface area (Å²) in [5.41, 5.74) is 1.43. The van der Waals surface area contributed by atoms with Gasteiger partial charge in [0.2, 0.25) is 0 Å². The number of hydrogen-bond acceptors (Lipinski definition) is 4. The zero-order valence-corrected chi connectivity index (χ0v) is 10.1. The zero-order valence-electron chi connectivity index (χ0n) is 10.1. The van der Waals surface area contributed by atoms with Crippen LogP contribution in [-0.4, -0.2) is 34.7 Å². The van der Waals surface area contributed by atoms with Gasteiger partial charge in [0.15, 0.2) is 5.78 Å². The number of carbonyl (C=O) groups excluding carboxylic acids is 1. The molecule has 94 valence electrons. The highest BCUT2D eigenvalue weighted by Gasteiger charge is 2.17. The second kappa shape index (κ2) is 4.42. The molecule has 0 N–H and O–H groups in total. The van der Waals surface area contributed by atoms with Gasteiger partial charge >= 0.3 is 0 Å². The van der Waals surface area contributed by atoms with Crippen molar-refractivity contribution in [2.45, 2.75) is 19.4 Å². The van der Waals surface area contributed by atoms with Crippen LogP contribution < -0.4 is 4.74 Å². The highest BCUT2D eigenvalue weighted by Crippen LogP contribution is 2.19. The van der Waals surface area contributed by atoms with Crippen LogP contribution in [0.5, 0.6) is 5.75 Å². The van der Waals surface area contributed by atoms with E-state index in [-0.39, 0.29) is 11.9 Å². The molecule has 0 bridgehead atoms. The summed E-state index contributed by atoms with van der Waals surface area (Å²) in [6.07, 6.45) is 4.40. The van der Waals surface area contributed by atoms with Crippen molar-refractivity contribution in [2.24, 2.45) is 0 Å². The van der Waals surface area contributed by atoms with Crippen molar-refractivity contribution in [3.63, 3.8) is 0 Å². The van der Waals surface area contributed by atoms with Gasteiger partial charge in [-0.3, -0.25) is 4.79 Å². The second-order valence-corrected chi connectivity index (χ2v) is 4.41. The second-order valence-electron chi connectivity index (χ2n) is 4.41. The molecule has 0 aliphatic carbocycles. The summed E-state index contributed by atoms with van der Waals surface area (Å²) >= 11 is 0. The molecule has 1 aliphatic rings. The number of aromatic nitrogens is 2. The normalized spacial score (nSPS) is 19.3. The molecule has 0 radical (unpaired) electrons. The summed E-state index contributed by atoms with van der Waals surface area (Å²) < 4.78 is 12.7. The van der Waals surface area contributed by atoms with Crippen LogP contribution in [0.3, 0.4) is 0 Å². The lowest BCUT2D eigenvalue weighted by atomic mass is 10.2. The van der Waals surface area contributed by atoms with Crippen LogP contribution in [0.25, 0.3) is 5.52 Å². The quantitative estimate of drug-likeness (QED) is 0.773. The molecule has 0 spiro atoms. The lowest BCUT2D eigenvalue weighted by Crippen LogP contribution is -2.15. The summed E-state index contributed by atoms with van der Waals surface area (Å²) in [6.45, 7) is 2.93. The molecule has 2 aromatic heterocycles. The SMILES string of the molecule is CC(=O)c1cnn2cc(OC3CCOC3)ccc12. The van der Waals surface area contributed by atoms with Gasteiger partial charge < -0.3 is 9.47 Å². The highest BCUT2D eigenvalue weighted by atomic mass is 16.5. The highest BCUT2D eigenvalue weighted by molar-refractivity contribution is 6.00. The maximum Gasteiger partial charge on any atom is 0.163 e. The molecule has 5 heteroatoms. The first kappa shape index (κ1) is 11.2. The van der Waals surface area contributed by atoms with E-state index in [2.05, 4.69) is 5.10 Å². The largest absolute Gasteiger partial charge is 0.486 e. The lowest BCUT2D eigenvalue weighted by Gasteiger charge is -2.11. The third kappa shape index (κ3) is 1.97. The number of rotatable bonds is 3.